The second-order valence-electron chi connectivity index (χ2n) is 5.21. The van der Waals surface area contributed by atoms with Gasteiger partial charge in [-0.25, -0.2) is 4.39 Å². The van der Waals surface area contributed by atoms with E-state index >= 15 is 0 Å². The third kappa shape index (κ3) is 3.87. The predicted molar refractivity (Wildman–Crippen MR) is 90.6 cm³/mol. The molecule has 0 unspecified atom stereocenters. The second-order valence-corrected chi connectivity index (χ2v) is 5.21. The van der Waals surface area contributed by atoms with Gasteiger partial charge in [0.2, 0.25) is 0 Å². The smallest absolute Gasteiger partial charge is 0.270 e. The van der Waals surface area contributed by atoms with E-state index in [2.05, 4.69) is 0 Å². The van der Waals surface area contributed by atoms with Gasteiger partial charge in [-0.3, -0.25) is 14.9 Å². The Morgan fingerprint density at radius 2 is 1.84 bits per heavy atom. The van der Waals surface area contributed by atoms with Crippen LogP contribution in [0.4, 0.5) is 10.1 Å². The summed E-state index contributed by atoms with van der Waals surface area (Å²) >= 11 is 0. The Labute approximate surface area is 142 Å². The molecule has 25 heavy (non-hydrogen) atoms. The van der Waals surface area contributed by atoms with Crippen LogP contribution in [-0.2, 0) is 0 Å². The van der Waals surface area contributed by atoms with E-state index < -0.39 is 10.7 Å². The number of hydrogen-bond acceptors (Lipinski definition) is 4. The van der Waals surface area contributed by atoms with Crippen LogP contribution in [0.2, 0.25) is 0 Å². The highest BCUT2D eigenvalue weighted by Crippen LogP contribution is 2.26. The lowest BCUT2D eigenvalue weighted by atomic mass is 10.1. The van der Waals surface area contributed by atoms with Crippen LogP contribution < -0.4 is 0 Å². The highest BCUT2D eigenvalue weighted by Gasteiger charge is 2.10. The molecule has 0 saturated heterocycles. The molecule has 0 aliphatic carbocycles. The minimum absolute atomic E-state index is 0.0301. The van der Waals surface area contributed by atoms with Gasteiger partial charge in [-0.2, -0.15) is 0 Å². The van der Waals surface area contributed by atoms with Crippen LogP contribution in [-0.4, -0.2) is 10.7 Å². The van der Waals surface area contributed by atoms with Crippen LogP contribution in [0.5, 0.6) is 0 Å². The van der Waals surface area contributed by atoms with Gasteiger partial charge in [-0.15, -0.1) is 0 Å². The zero-order valence-electron chi connectivity index (χ0n) is 12.9. The Hall–Kier alpha value is -3.54. The zero-order valence-corrected chi connectivity index (χ0v) is 12.9. The molecule has 0 aliphatic rings. The molecule has 124 valence electrons. The van der Waals surface area contributed by atoms with Crippen molar-refractivity contribution >= 4 is 17.5 Å². The van der Waals surface area contributed by atoms with Gasteiger partial charge < -0.3 is 4.42 Å². The van der Waals surface area contributed by atoms with E-state index in [4.69, 9.17) is 4.42 Å². The van der Waals surface area contributed by atoms with Crippen LogP contribution in [0.3, 0.4) is 0 Å². The summed E-state index contributed by atoms with van der Waals surface area (Å²) in [5, 5.41) is 10.8. The quantitative estimate of drug-likeness (QED) is 0.287. The van der Waals surface area contributed by atoms with E-state index in [9.17, 15) is 19.3 Å². The number of rotatable bonds is 5. The van der Waals surface area contributed by atoms with Crippen LogP contribution in [0.15, 0.2) is 71.2 Å². The van der Waals surface area contributed by atoms with Crippen molar-refractivity contribution in [3.05, 3.63) is 94.0 Å². The Morgan fingerprint density at radius 3 is 2.56 bits per heavy atom. The number of benzene rings is 2. The van der Waals surface area contributed by atoms with Crippen molar-refractivity contribution < 1.29 is 18.5 Å². The largest absolute Gasteiger partial charge is 0.457 e. The average Bonchev–Trinajstić information content (AvgIpc) is 3.09. The number of ketones is 1. The molecular weight excluding hydrogens is 325 g/mol. The van der Waals surface area contributed by atoms with E-state index in [-0.39, 0.29) is 11.5 Å². The summed E-state index contributed by atoms with van der Waals surface area (Å²) in [4.78, 5) is 22.3. The number of carbonyl (C=O) groups is 1. The predicted octanol–water partition coefficient (Wildman–Crippen LogP) is 4.89. The molecule has 5 nitrogen and oxygen atoms in total. The van der Waals surface area contributed by atoms with E-state index in [1.54, 1.807) is 24.3 Å². The minimum Gasteiger partial charge on any atom is -0.457 e. The van der Waals surface area contributed by atoms with Gasteiger partial charge >= 0.3 is 0 Å². The highest BCUT2D eigenvalue weighted by atomic mass is 19.1. The van der Waals surface area contributed by atoms with Gasteiger partial charge in [0.25, 0.3) is 5.69 Å². The summed E-state index contributed by atoms with van der Waals surface area (Å²) in [5.74, 6) is 0.191. The summed E-state index contributed by atoms with van der Waals surface area (Å²) in [5.41, 5.74) is 0.902. The van der Waals surface area contributed by atoms with Crippen molar-refractivity contribution in [2.45, 2.75) is 0 Å². The van der Waals surface area contributed by atoms with Crippen LogP contribution in [0.25, 0.3) is 17.4 Å². The zero-order chi connectivity index (χ0) is 17.8. The number of carbonyl (C=O) groups excluding carboxylic acids is 1. The number of allylic oxidation sites excluding steroid dienone is 1. The molecular formula is C19H12FNO4. The first-order valence-electron chi connectivity index (χ1n) is 7.35. The Balaban J connectivity index is 1.77. The SMILES string of the molecule is O=C(/C=C\c1ccc(-c2cccc([N+](=O)[O-])c2)o1)c1ccc(F)cc1. The van der Waals surface area contributed by atoms with E-state index in [0.717, 1.165) is 0 Å². The second kappa shape index (κ2) is 6.92. The standard InChI is InChI=1S/C19H12FNO4/c20-15-6-4-13(5-7-15)18(22)10-8-17-9-11-19(25-17)14-2-1-3-16(12-14)21(23)24/h1-12H/b10-8-. The maximum Gasteiger partial charge on any atom is 0.270 e. The fourth-order valence-electron chi connectivity index (χ4n) is 2.24. The molecule has 0 fully saturated rings. The summed E-state index contributed by atoms with van der Waals surface area (Å²) in [7, 11) is 0. The Bertz CT molecular complexity index is 958. The molecule has 0 atom stereocenters. The molecule has 0 aliphatic heterocycles. The lowest BCUT2D eigenvalue weighted by Gasteiger charge is -1.97. The summed E-state index contributed by atoms with van der Waals surface area (Å²) in [6.45, 7) is 0. The van der Waals surface area contributed by atoms with Crippen molar-refractivity contribution in [3.8, 4) is 11.3 Å². The number of nitro benzene ring substituents is 1. The molecule has 0 amide bonds. The number of nitrogens with zero attached hydrogens (tertiary/aromatic N) is 1. The van der Waals surface area contributed by atoms with E-state index in [1.807, 2.05) is 0 Å². The molecule has 0 radical (unpaired) electrons. The molecule has 0 N–H and O–H groups in total. The Kier molecular flexibility index (Phi) is 4.52. The molecule has 0 spiro atoms. The maximum atomic E-state index is 12.9. The summed E-state index contributed by atoms with van der Waals surface area (Å²) < 4.78 is 18.4. The van der Waals surface area contributed by atoms with Crippen LogP contribution >= 0.6 is 0 Å². The minimum atomic E-state index is -0.478. The first kappa shape index (κ1) is 16.3. The molecule has 0 bridgehead atoms. The molecule has 6 heteroatoms. The van der Waals surface area contributed by atoms with E-state index in [0.29, 0.717) is 22.6 Å². The molecule has 3 rings (SSSR count). The molecule has 1 heterocycles. The van der Waals surface area contributed by atoms with Crippen molar-refractivity contribution in [1.82, 2.24) is 0 Å². The van der Waals surface area contributed by atoms with Crippen LogP contribution in [0.1, 0.15) is 16.1 Å². The molecule has 0 saturated carbocycles. The number of non-ortho nitro benzene ring substituents is 1. The van der Waals surface area contributed by atoms with Gasteiger partial charge in [0.1, 0.15) is 17.3 Å². The summed E-state index contributed by atoms with van der Waals surface area (Å²) in [6, 6.07) is 14.6. The van der Waals surface area contributed by atoms with Crippen molar-refractivity contribution in [2.75, 3.05) is 0 Å². The van der Waals surface area contributed by atoms with Gasteiger partial charge in [0.15, 0.2) is 5.78 Å². The first-order valence-corrected chi connectivity index (χ1v) is 7.35. The monoisotopic (exact) mass is 337 g/mol. The number of furan rings is 1. The van der Waals surface area contributed by atoms with Crippen molar-refractivity contribution in [1.29, 1.82) is 0 Å². The fourth-order valence-corrected chi connectivity index (χ4v) is 2.24. The lowest BCUT2D eigenvalue weighted by Crippen LogP contribution is -1.93. The van der Waals surface area contributed by atoms with Gasteiger partial charge in [0.05, 0.1) is 4.92 Å². The highest BCUT2D eigenvalue weighted by molar-refractivity contribution is 6.06. The van der Waals surface area contributed by atoms with Crippen LogP contribution in [0, 0.1) is 15.9 Å². The fraction of sp³-hybridized carbons (Fsp3) is 0. The molecule has 1 aromatic heterocycles. The van der Waals surface area contributed by atoms with Gasteiger partial charge in [-0.1, -0.05) is 12.1 Å². The first-order chi connectivity index (χ1) is 12.0. The number of hydrogen-bond donors (Lipinski definition) is 0. The van der Waals surface area contributed by atoms with Crippen molar-refractivity contribution in [2.24, 2.45) is 0 Å². The van der Waals surface area contributed by atoms with Gasteiger partial charge in [0, 0.05) is 23.3 Å². The van der Waals surface area contributed by atoms with Crippen molar-refractivity contribution in [3.63, 3.8) is 0 Å². The lowest BCUT2D eigenvalue weighted by molar-refractivity contribution is -0.384. The topological polar surface area (TPSA) is 73.3 Å². The maximum absolute atomic E-state index is 12.9. The molecule has 3 aromatic rings. The molecule has 2 aromatic carbocycles. The van der Waals surface area contributed by atoms with E-state index in [1.165, 1.54) is 48.6 Å². The number of nitro groups is 1. The van der Waals surface area contributed by atoms with Gasteiger partial charge in [-0.05, 0) is 48.6 Å². The Morgan fingerprint density at radius 1 is 1.08 bits per heavy atom. The number of halogens is 1. The third-order valence-electron chi connectivity index (χ3n) is 3.50. The normalized spacial score (nSPS) is 10.9. The average molecular weight is 337 g/mol. The third-order valence-corrected chi connectivity index (χ3v) is 3.50. The summed E-state index contributed by atoms with van der Waals surface area (Å²) in [6.07, 6.45) is 2.82.